The fourth-order valence-corrected chi connectivity index (χ4v) is 5.08. The van der Waals surface area contributed by atoms with E-state index < -0.39 is 0 Å². The van der Waals surface area contributed by atoms with E-state index in [1.54, 1.807) is 6.08 Å². The molecule has 3 heterocycles. The molecule has 9 nitrogen and oxygen atoms in total. The molecule has 0 bridgehead atoms. The summed E-state index contributed by atoms with van der Waals surface area (Å²) in [6.45, 7) is 0.697. The molecule has 0 spiro atoms. The number of fused-ring (bicyclic) bond motifs is 1. The molecule has 0 radical (unpaired) electrons. The van der Waals surface area contributed by atoms with Crippen LogP contribution >= 0.6 is 22.9 Å². The predicted molar refractivity (Wildman–Crippen MR) is 126 cm³/mol. The molecular formula is C21H25ClN8OS. The Morgan fingerprint density at radius 3 is 2.84 bits per heavy atom. The van der Waals surface area contributed by atoms with Gasteiger partial charge in [0.05, 0.1) is 11.9 Å². The Kier molecular flexibility index (Phi) is 5.73. The number of carbonyl (C=O) groups excluding carboxylic acids is 1. The second kappa shape index (κ2) is 8.67. The first-order valence-corrected chi connectivity index (χ1v) is 12.1. The number of hydrogen-bond acceptors (Lipinski definition) is 8. The molecule has 3 aliphatic rings. The average molecular weight is 473 g/mol. The quantitative estimate of drug-likeness (QED) is 0.434. The van der Waals surface area contributed by atoms with Crippen molar-refractivity contribution >= 4 is 51.6 Å². The lowest BCUT2D eigenvalue weighted by atomic mass is 10.2. The zero-order chi connectivity index (χ0) is 22.2. The zero-order valence-corrected chi connectivity index (χ0v) is 19.1. The van der Waals surface area contributed by atoms with Crippen LogP contribution in [0.25, 0.3) is 0 Å². The third-order valence-electron chi connectivity index (χ3n) is 6.02. The number of nitrogens with two attached hydrogens (primary N) is 2. The molecule has 32 heavy (non-hydrogen) atoms. The van der Waals surface area contributed by atoms with Crippen LogP contribution in [0.2, 0.25) is 4.34 Å². The minimum atomic E-state index is -0.378. The van der Waals surface area contributed by atoms with Crippen LogP contribution in [-0.2, 0) is 17.6 Å². The molecule has 2 aromatic rings. The van der Waals surface area contributed by atoms with E-state index in [0.717, 1.165) is 55.5 Å². The minimum absolute atomic E-state index is 0.137. The molecule has 1 saturated carbocycles. The van der Waals surface area contributed by atoms with Crippen molar-refractivity contribution in [2.75, 3.05) is 16.8 Å². The largest absolute Gasteiger partial charge is 0.402 e. The van der Waals surface area contributed by atoms with Crippen molar-refractivity contribution in [2.24, 2.45) is 22.4 Å². The second-order valence-corrected chi connectivity index (χ2v) is 10.1. The van der Waals surface area contributed by atoms with Gasteiger partial charge in [-0.3, -0.25) is 4.79 Å². The van der Waals surface area contributed by atoms with Crippen molar-refractivity contribution in [3.05, 3.63) is 33.6 Å². The topological polar surface area (TPSA) is 135 Å². The van der Waals surface area contributed by atoms with Gasteiger partial charge in [-0.1, -0.05) is 22.9 Å². The van der Waals surface area contributed by atoms with Crippen molar-refractivity contribution in [1.82, 2.24) is 15.0 Å². The summed E-state index contributed by atoms with van der Waals surface area (Å²) in [6, 6.07) is -0.378. The lowest BCUT2D eigenvalue weighted by Gasteiger charge is -2.24. The zero-order valence-electron chi connectivity index (χ0n) is 17.6. The highest BCUT2D eigenvalue weighted by atomic mass is 35.5. The van der Waals surface area contributed by atoms with E-state index in [4.69, 9.17) is 33.0 Å². The molecule has 2 aliphatic carbocycles. The maximum absolute atomic E-state index is 12.9. The maximum Gasteiger partial charge on any atom is 0.248 e. The first-order valence-electron chi connectivity index (χ1n) is 10.9. The summed E-state index contributed by atoms with van der Waals surface area (Å²) in [5.41, 5.74) is 15.1. The molecule has 5 rings (SSSR count). The van der Waals surface area contributed by atoms with E-state index in [2.05, 4.69) is 15.3 Å². The number of aryl methyl sites for hydroxylation is 1. The minimum Gasteiger partial charge on any atom is -0.402 e. The number of halogens is 1. The van der Waals surface area contributed by atoms with Crippen LogP contribution in [0.5, 0.6) is 0 Å². The van der Waals surface area contributed by atoms with Gasteiger partial charge in [-0.05, 0) is 56.9 Å². The van der Waals surface area contributed by atoms with Gasteiger partial charge >= 0.3 is 0 Å². The van der Waals surface area contributed by atoms with Gasteiger partial charge in [0.1, 0.15) is 16.2 Å². The normalized spacial score (nSPS) is 21.2. The number of aromatic nitrogens is 3. The Bertz CT molecular complexity index is 1110. The molecule has 1 amide bonds. The highest BCUT2D eigenvalue weighted by Gasteiger charge is 2.34. The number of hydrogen-bond donors (Lipinski definition) is 3. The van der Waals surface area contributed by atoms with Gasteiger partial charge in [-0.25, -0.2) is 15.0 Å². The number of nitrogens with one attached hydrogen (secondary N) is 1. The van der Waals surface area contributed by atoms with Crippen molar-refractivity contribution in [3.63, 3.8) is 0 Å². The number of aliphatic imine (C=N–C) groups is 1. The van der Waals surface area contributed by atoms with Crippen LogP contribution in [0.15, 0.2) is 23.0 Å². The van der Waals surface area contributed by atoms with Crippen LogP contribution in [0.1, 0.15) is 43.4 Å². The van der Waals surface area contributed by atoms with E-state index >= 15 is 0 Å². The van der Waals surface area contributed by atoms with E-state index in [1.165, 1.54) is 17.5 Å². The highest BCUT2D eigenvalue weighted by molar-refractivity contribution is 7.19. The Labute approximate surface area is 195 Å². The van der Waals surface area contributed by atoms with E-state index in [9.17, 15) is 4.79 Å². The van der Waals surface area contributed by atoms with Gasteiger partial charge in [0.25, 0.3) is 0 Å². The summed E-state index contributed by atoms with van der Waals surface area (Å²) in [4.78, 5) is 33.1. The average Bonchev–Trinajstić information content (AvgIpc) is 3.12. The lowest BCUT2D eigenvalue weighted by molar-refractivity contribution is -0.117. The molecule has 168 valence electrons. The molecular weight excluding hydrogens is 448 g/mol. The molecule has 1 unspecified atom stereocenters. The fourth-order valence-electron chi connectivity index (χ4n) is 4.26. The molecule has 1 aliphatic heterocycles. The number of anilines is 2. The standard InChI is InChI=1S/C21H25ClN8OS/c22-16-10-25-21(32-16)29-19(31)15-5-2-8-30(15)20-26-14-4-1-3-12(14)18(28-20)27-17(24)9-13(23)11-6-7-11/h9-11,15H,1-8,23H2,(H,25,29,31)(H2,24,26,27,28)/b13-9-. The van der Waals surface area contributed by atoms with Gasteiger partial charge in [0, 0.05) is 17.8 Å². The summed E-state index contributed by atoms with van der Waals surface area (Å²) in [7, 11) is 0. The summed E-state index contributed by atoms with van der Waals surface area (Å²) < 4.78 is 0.530. The molecule has 2 fully saturated rings. The van der Waals surface area contributed by atoms with Gasteiger partial charge in [-0.2, -0.15) is 4.98 Å². The Morgan fingerprint density at radius 2 is 2.09 bits per heavy atom. The number of rotatable bonds is 6. The maximum atomic E-state index is 12.9. The first-order chi connectivity index (χ1) is 15.5. The first kappa shape index (κ1) is 21.1. The fraction of sp³-hybridized carbons (Fsp3) is 0.476. The van der Waals surface area contributed by atoms with Crippen LogP contribution in [0, 0.1) is 5.92 Å². The summed E-state index contributed by atoms with van der Waals surface area (Å²) in [6.07, 6.45) is 9.81. The molecule has 0 aromatic carbocycles. The predicted octanol–water partition coefficient (Wildman–Crippen LogP) is 2.92. The van der Waals surface area contributed by atoms with Gasteiger partial charge in [-0.15, -0.1) is 0 Å². The smallest absolute Gasteiger partial charge is 0.248 e. The molecule has 1 atom stereocenters. The number of allylic oxidation sites excluding steroid dienone is 1. The van der Waals surface area contributed by atoms with Crippen molar-refractivity contribution in [2.45, 2.75) is 51.0 Å². The van der Waals surface area contributed by atoms with Crippen LogP contribution < -0.4 is 21.7 Å². The van der Waals surface area contributed by atoms with E-state index in [1.807, 2.05) is 4.90 Å². The summed E-state index contributed by atoms with van der Waals surface area (Å²) in [5, 5.41) is 3.35. The van der Waals surface area contributed by atoms with Crippen LogP contribution in [0.3, 0.4) is 0 Å². The Balaban J connectivity index is 1.42. The molecule has 11 heteroatoms. The number of amidine groups is 1. The second-order valence-electron chi connectivity index (χ2n) is 8.39. The summed E-state index contributed by atoms with van der Waals surface area (Å²) in [5.74, 6) is 1.74. The van der Waals surface area contributed by atoms with Gasteiger partial charge in [0.2, 0.25) is 11.9 Å². The Morgan fingerprint density at radius 1 is 1.25 bits per heavy atom. The van der Waals surface area contributed by atoms with E-state index in [0.29, 0.717) is 46.0 Å². The number of carbonyl (C=O) groups is 1. The van der Waals surface area contributed by atoms with E-state index in [-0.39, 0.29) is 11.9 Å². The van der Waals surface area contributed by atoms with Crippen LogP contribution in [-0.4, -0.2) is 39.3 Å². The monoisotopic (exact) mass is 472 g/mol. The number of nitrogens with zero attached hydrogens (tertiary/aromatic N) is 5. The number of amides is 1. The third-order valence-corrected chi connectivity index (χ3v) is 7.05. The van der Waals surface area contributed by atoms with Crippen molar-refractivity contribution in [1.29, 1.82) is 0 Å². The van der Waals surface area contributed by atoms with Gasteiger partial charge in [0.15, 0.2) is 10.9 Å². The van der Waals surface area contributed by atoms with Crippen molar-refractivity contribution in [3.8, 4) is 0 Å². The third kappa shape index (κ3) is 4.42. The summed E-state index contributed by atoms with van der Waals surface area (Å²) >= 11 is 7.17. The molecule has 1 saturated heterocycles. The Hall–Kier alpha value is -2.72. The number of thiazole rings is 1. The van der Waals surface area contributed by atoms with Crippen molar-refractivity contribution < 1.29 is 4.79 Å². The molecule has 2 aromatic heterocycles. The lowest BCUT2D eigenvalue weighted by Crippen LogP contribution is -2.40. The molecule has 5 N–H and O–H groups in total. The SMILES string of the molecule is NC(/C=C(\N)C1CC1)=Nc1nc(N2CCCC2C(=O)Nc2ncc(Cl)s2)nc2c1CCC2. The van der Waals surface area contributed by atoms with Crippen LogP contribution in [0.4, 0.5) is 16.9 Å². The van der Waals surface area contributed by atoms with Gasteiger partial charge < -0.3 is 21.7 Å². The highest BCUT2D eigenvalue weighted by Crippen LogP contribution is 2.35.